The number of urea groups is 1. The van der Waals surface area contributed by atoms with E-state index in [-0.39, 0.29) is 23.4 Å². The van der Waals surface area contributed by atoms with Crippen LogP contribution >= 0.6 is 0 Å². The summed E-state index contributed by atoms with van der Waals surface area (Å²) >= 11 is 0. The first kappa shape index (κ1) is 28.0. The van der Waals surface area contributed by atoms with E-state index in [1.54, 1.807) is 11.8 Å². The summed E-state index contributed by atoms with van der Waals surface area (Å²) in [4.78, 5) is 30.7. The molecule has 0 radical (unpaired) electrons. The molecule has 0 unspecified atom stereocenters. The van der Waals surface area contributed by atoms with Gasteiger partial charge in [-0.15, -0.1) is 0 Å². The van der Waals surface area contributed by atoms with E-state index in [2.05, 4.69) is 15.0 Å². The van der Waals surface area contributed by atoms with Crippen molar-refractivity contribution in [3.8, 4) is 5.75 Å². The normalized spacial score (nSPS) is 17.4. The van der Waals surface area contributed by atoms with Gasteiger partial charge >= 0.3 is 18.6 Å². The first-order valence-electron chi connectivity index (χ1n) is 12.0. The Labute approximate surface area is 205 Å². The molecule has 2 aromatic rings. The lowest BCUT2D eigenvalue weighted by molar-refractivity contribution is -0.142. The highest BCUT2D eigenvalue weighted by Gasteiger charge is 2.34. The van der Waals surface area contributed by atoms with Crippen molar-refractivity contribution in [3.63, 3.8) is 0 Å². The Morgan fingerprint density at radius 2 is 1.77 bits per heavy atom. The van der Waals surface area contributed by atoms with Crippen LogP contribution in [0.3, 0.4) is 0 Å². The van der Waals surface area contributed by atoms with Crippen LogP contribution in [0, 0.1) is 12.8 Å². The van der Waals surface area contributed by atoms with Crippen molar-refractivity contribution in [1.29, 1.82) is 0 Å². The molecule has 0 spiro atoms. The number of carbonyl (C=O) groups excluding carboxylic acids is 1. The average molecular weight is 492 g/mol. The van der Waals surface area contributed by atoms with Crippen molar-refractivity contribution >= 4 is 23.4 Å². The number of nitrogens with zero attached hydrogens (tertiary/aromatic N) is 2. The third-order valence-electron chi connectivity index (χ3n) is 5.91. The van der Waals surface area contributed by atoms with Crippen molar-refractivity contribution in [2.45, 2.75) is 78.9 Å². The van der Waals surface area contributed by atoms with Crippen LogP contribution in [0.1, 0.15) is 70.6 Å². The van der Waals surface area contributed by atoms with Crippen LogP contribution in [-0.4, -0.2) is 34.7 Å². The van der Waals surface area contributed by atoms with E-state index in [1.807, 2.05) is 52.0 Å². The van der Waals surface area contributed by atoms with Gasteiger partial charge in [-0.25, -0.2) is 4.79 Å². The number of para-hydroxylation sites is 1. The molecule has 1 aromatic heterocycles. The SMILES string of the molecule is CC.Cc1cc(OC(F)F)c(NC(=O)N(c2ccccc2C(C)C)C2CCC(C(=O)O)CC2)cn1. The number of nitrogens with one attached hydrogen (secondary N) is 1. The largest absolute Gasteiger partial charge is 0.481 e. The summed E-state index contributed by atoms with van der Waals surface area (Å²) in [5.74, 6) is -1.30. The molecule has 3 rings (SSSR count). The average Bonchev–Trinajstić information content (AvgIpc) is 2.82. The highest BCUT2D eigenvalue weighted by molar-refractivity contribution is 6.03. The molecular formula is C26H35F2N3O4. The summed E-state index contributed by atoms with van der Waals surface area (Å²) in [5.41, 5.74) is 2.18. The van der Waals surface area contributed by atoms with Gasteiger partial charge in [-0.05, 0) is 50.2 Å². The smallest absolute Gasteiger partial charge is 0.387 e. The number of hydrogen-bond acceptors (Lipinski definition) is 4. The molecule has 1 heterocycles. The number of hydrogen-bond donors (Lipinski definition) is 2. The van der Waals surface area contributed by atoms with E-state index < -0.39 is 24.5 Å². The highest BCUT2D eigenvalue weighted by atomic mass is 19.3. The molecule has 0 bridgehead atoms. The Morgan fingerprint density at radius 1 is 1.14 bits per heavy atom. The Morgan fingerprint density at radius 3 is 2.34 bits per heavy atom. The third kappa shape index (κ3) is 7.37. The fourth-order valence-corrected chi connectivity index (χ4v) is 4.25. The number of carbonyl (C=O) groups is 2. The number of benzene rings is 1. The summed E-state index contributed by atoms with van der Waals surface area (Å²) in [6.07, 6.45) is 3.24. The quantitative estimate of drug-likeness (QED) is 0.443. The predicted octanol–water partition coefficient (Wildman–Crippen LogP) is 6.82. The van der Waals surface area contributed by atoms with Gasteiger partial charge in [0, 0.05) is 23.5 Å². The number of ether oxygens (including phenoxy) is 1. The standard InChI is InChI=1S/C24H29F2N3O4.C2H6/c1-14(2)18-6-4-5-7-20(18)29(17-10-8-16(9-11-17)22(30)31)24(32)28-19-13-27-15(3)12-21(19)33-23(25)26;1-2/h4-7,12-14,16-17,23H,8-11H2,1-3H3,(H,28,32)(H,30,31);1-2H3. The minimum Gasteiger partial charge on any atom is -0.481 e. The number of pyridine rings is 1. The molecule has 1 aromatic carbocycles. The fraction of sp³-hybridized carbons (Fsp3) is 0.500. The van der Waals surface area contributed by atoms with Crippen molar-refractivity contribution in [2.75, 3.05) is 10.2 Å². The molecule has 1 saturated carbocycles. The molecule has 7 nitrogen and oxygen atoms in total. The topological polar surface area (TPSA) is 91.8 Å². The number of aliphatic carboxylic acids is 1. The lowest BCUT2D eigenvalue weighted by Crippen LogP contribution is -2.46. The number of amides is 2. The number of carboxylic acid groups (broad SMARTS) is 1. The van der Waals surface area contributed by atoms with Gasteiger partial charge in [0.25, 0.3) is 0 Å². The Hall–Kier alpha value is -3.23. The number of anilines is 2. The first-order chi connectivity index (χ1) is 16.7. The number of rotatable bonds is 7. The summed E-state index contributed by atoms with van der Waals surface area (Å²) in [7, 11) is 0. The van der Waals surface area contributed by atoms with Gasteiger partial charge in [-0.3, -0.25) is 14.7 Å². The van der Waals surface area contributed by atoms with Crippen molar-refractivity contribution < 1.29 is 28.2 Å². The molecule has 1 aliphatic carbocycles. The summed E-state index contributed by atoms with van der Waals surface area (Å²) in [5, 5.41) is 12.0. The maximum atomic E-state index is 13.6. The van der Waals surface area contributed by atoms with Crippen molar-refractivity contribution in [3.05, 3.63) is 47.8 Å². The molecule has 2 N–H and O–H groups in total. The molecule has 1 fully saturated rings. The van der Waals surface area contributed by atoms with Crippen molar-refractivity contribution in [1.82, 2.24) is 4.98 Å². The Kier molecular flexibility index (Phi) is 10.4. The fourth-order valence-electron chi connectivity index (χ4n) is 4.25. The molecule has 1 aliphatic rings. The molecule has 192 valence electrons. The van der Waals surface area contributed by atoms with E-state index >= 15 is 0 Å². The zero-order valence-corrected chi connectivity index (χ0v) is 20.9. The van der Waals surface area contributed by atoms with E-state index in [1.165, 1.54) is 12.3 Å². The number of halogens is 2. The van der Waals surface area contributed by atoms with Crippen LogP contribution in [0.2, 0.25) is 0 Å². The van der Waals surface area contributed by atoms with E-state index in [9.17, 15) is 23.5 Å². The number of aryl methyl sites for hydroxylation is 1. The minimum atomic E-state index is -3.05. The molecular weight excluding hydrogens is 456 g/mol. The highest BCUT2D eigenvalue weighted by Crippen LogP contribution is 2.36. The van der Waals surface area contributed by atoms with Crippen LogP contribution in [-0.2, 0) is 4.79 Å². The van der Waals surface area contributed by atoms with Gasteiger partial charge in [-0.2, -0.15) is 8.78 Å². The Bertz CT molecular complexity index is 992. The summed E-state index contributed by atoms with van der Waals surface area (Å²) in [6.45, 7) is 6.63. The zero-order valence-electron chi connectivity index (χ0n) is 20.9. The lowest BCUT2D eigenvalue weighted by atomic mass is 9.85. The second-order valence-corrected chi connectivity index (χ2v) is 8.56. The van der Waals surface area contributed by atoms with Crippen LogP contribution in [0.15, 0.2) is 36.5 Å². The molecule has 9 heteroatoms. The van der Waals surface area contributed by atoms with E-state index in [4.69, 9.17) is 0 Å². The van der Waals surface area contributed by atoms with Crippen LogP contribution in [0.25, 0.3) is 0 Å². The predicted molar refractivity (Wildman–Crippen MR) is 132 cm³/mol. The molecule has 0 saturated heterocycles. The van der Waals surface area contributed by atoms with E-state index in [0.29, 0.717) is 37.1 Å². The van der Waals surface area contributed by atoms with E-state index in [0.717, 1.165) is 5.56 Å². The van der Waals surface area contributed by atoms with Crippen LogP contribution < -0.4 is 15.0 Å². The maximum absolute atomic E-state index is 13.6. The van der Waals surface area contributed by atoms with Crippen molar-refractivity contribution in [2.24, 2.45) is 5.92 Å². The lowest BCUT2D eigenvalue weighted by Gasteiger charge is -2.37. The monoisotopic (exact) mass is 491 g/mol. The van der Waals surface area contributed by atoms with Gasteiger partial charge in [0.1, 0.15) is 5.69 Å². The second-order valence-electron chi connectivity index (χ2n) is 8.56. The number of alkyl halides is 2. The second kappa shape index (κ2) is 13.0. The molecule has 0 atom stereocenters. The third-order valence-corrected chi connectivity index (χ3v) is 5.91. The van der Waals surface area contributed by atoms with Gasteiger partial charge in [-0.1, -0.05) is 45.9 Å². The summed E-state index contributed by atoms with van der Waals surface area (Å²) < 4.78 is 30.4. The van der Waals surface area contributed by atoms with Gasteiger partial charge in [0.05, 0.1) is 12.1 Å². The van der Waals surface area contributed by atoms with Gasteiger partial charge < -0.3 is 15.2 Å². The minimum absolute atomic E-state index is 0.0390. The van der Waals surface area contributed by atoms with Gasteiger partial charge in [0.2, 0.25) is 0 Å². The number of aromatic nitrogens is 1. The molecule has 2 amide bonds. The van der Waals surface area contributed by atoms with Crippen LogP contribution in [0.5, 0.6) is 5.75 Å². The zero-order chi connectivity index (χ0) is 26.1. The number of carboxylic acids is 1. The maximum Gasteiger partial charge on any atom is 0.387 e. The summed E-state index contributed by atoms with van der Waals surface area (Å²) in [6, 6.07) is 8.12. The Balaban J connectivity index is 0.00000210. The van der Waals surface area contributed by atoms with Crippen LogP contribution in [0.4, 0.5) is 25.0 Å². The molecule has 35 heavy (non-hydrogen) atoms. The first-order valence-corrected chi connectivity index (χ1v) is 12.0. The molecule has 0 aliphatic heterocycles. The van der Waals surface area contributed by atoms with Gasteiger partial charge in [0.15, 0.2) is 5.75 Å².